The Balaban J connectivity index is 2.68. The molecule has 1 rings (SSSR count). The maximum atomic E-state index is 4.09. The van der Waals surface area contributed by atoms with Gasteiger partial charge in [-0.3, -0.25) is 0 Å². The number of hydrogen-bond donors (Lipinski definition) is 0. The predicted molar refractivity (Wildman–Crippen MR) is 70.3 cm³/mol. The molecular weight excluding hydrogens is 392 g/mol. The Hall–Kier alpha value is 0.600. The van der Waals surface area contributed by atoms with E-state index in [-0.39, 0.29) is 1.55 Å². The zero-order valence-electron chi connectivity index (χ0n) is 7.80. The van der Waals surface area contributed by atoms with Gasteiger partial charge in [0, 0.05) is 0 Å². The molecule has 0 bridgehead atoms. The van der Waals surface area contributed by atoms with Crippen molar-refractivity contribution in [2.45, 2.75) is 34.7 Å². The Morgan fingerprint density at radius 2 is 2.23 bits per heavy atom. The number of unbranched alkanes of at least 4 members (excludes halogenated alkanes) is 1. The molecule has 0 atom stereocenters. The first-order valence-electron chi connectivity index (χ1n) is 4.33. The van der Waals surface area contributed by atoms with Crippen molar-refractivity contribution in [2.75, 3.05) is 0 Å². The molecule has 0 amide bonds. The lowest BCUT2D eigenvalue weighted by molar-refractivity contribution is 0.523. The normalized spacial score (nSPS) is 12.0. The molecule has 0 fully saturated rings. The Labute approximate surface area is 106 Å². The zero-order chi connectivity index (χ0) is 9.90. The van der Waals surface area contributed by atoms with E-state index in [0.717, 1.165) is 12.1 Å². The first-order chi connectivity index (χ1) is 6.06. The molecule has 0 saturated heterocycles. The Morgan fingerprint density at radius 1 is 1.54 bits per heavy atom. The minimum atomic E-state index is 0.0484. The lowest BCUT2D eigenvalue weighted by atomic mass is 10.2. The fourth-order valence-electron chi connectivity index (χ4n) is 1.01. The number of aryl methyl sites for hydroxylation is 1. The van der Waals surface area contributed by atoms with Crippen molar-refractivity contribution in [1.82, 2.24) is 15.0 Å². The first kappa shape index (κ1) is 11.7. The van der Waals surface area contributed by atoms with Crippen molar-refractivity contribution in [3.63, 3.8) is 0 Å². The van der Waals surface area contributed by atoms with Crippen LogP contribution in [0.4, 0.5) is 0 Å². The summed E-state index contributed by atoms with van der Waals surface area (Å²) in [5.74, 6) is 0. The highest BCUT2D eigenvalue weighted by molar-refractivity contribution is 14.2. The molecule has 0 aliphatic rings. The standard InChI is InChI=1S/C8H13I2N3/c1-3-4-5-8(9,10)13-6-7(2)11-12-13/h6H,3-5H2,1-2H3. The van der Waals surface area contributed by atoms with Gasteiger partial charge >= 0.3 is 0 Å². The molecule has 74 valence electrons. The summed E-state index contributed by atoms with van der Waals surface area (Å²) < 4.78 is 1.99. The number of nitrogens with zero attached hydrogens (tertiary/aromatic N) is 3. The molecular formula is C8H13I2N3. The van der Waals surface area contributed by atoms with Crippen LogP contribution >= 0.6 is 45.2 Å². The van der Waals surface area contributed by atoms with E-state index in [2.05, 4.69) is 62.4 Å². The van der Waals surface area contributed by atoms with Crippen LogP contribution in [0.1, 0.15) is 31.9 Å². The van der Waals surface area contributed by atoms with Gasteiger partial charge in [-0.05, 0) is 64.9 Å². The number of halogens is 2. The fourth-order valence-corrected chi connectivity index (χ4v) is 2.25. The van der Waals surface area contributed by atoms with Gasteiger partial charge in [0.25, 0.3) is 0 Å². The molecule has 0 N–H and O–H groups in total. The van der Waals surface area contributed by atoms with E-state index in [0.29, 0.717) is 0 Å². The van der Waals surface area contributed by atoms with Gasteiger partial charge in [-0.2, -0.15) is 0 Å². The van der Waals surface area contributed by atoms with Crippen molar-refractivity contribution >= 4 is 45.2 Å². The largest absolute Gasteiger partial charge is 0.226 e. The average Bonchev–Trinajstić information content (AvgIpc) is 2.49. The number of alkyl halides is 2. The van der Waals surface area contributed by atoms with E-state index in [4.69, 9.17) is 0 Å². The highest BCUT2D eigenvalue weighted by atomic mass is 127. The van der Waals surface area contributed by atoms with E-state index >= 15 is 0 Å². The maximum absolute atomic E-state index is 4.09. The third-order valence-corrected chi connectivity index (χ3v) is 3.84. The average molecular weight is 405 g/mol. The molecule has 0 saturated carbocycles. The van der Waals surface area contributed by atoms with Crippen LogP contribution in [0.5, 0.6) is 0 Å². The highest BCUT2D eigenvalue weighted by Gasteiger charge is 2.24. The van der Waals surface area contributed by atoms with Gasteiger partial charge in [0.2, 0.25) is 0 Å². The molecule has 3 nitrogen and oxygen atoms in total. The Morgan fingerprint density at radius 3 is 2.69 bits per heavy atom. The van der Waals surface area contributed by atoms with Crippen LogP contribution in [-0.4, -0.2) is 15.0 Å². The second-order valence-electron chi connectivity index (χ2n) is 3.07. The number of aromatic nitrogens is 3. The van der Waals surface area contributed by atoms with Crippen LogP contribution in [0.3, 0.4) is 0 Å². The van der Waals surface area contributed by atoms with Crippen molar-refractivity contribution in [1.29, 1.82) is 0 Å². The van der Waals surface area contributed by atoms with Crippen LogP contribution in [0.15, 0.2) is 6.20 Å². The third-order valence-electron chi connectivity index (χ3n) is 1.77. The van der Waals surface area contributed by atoms with Crippen LogP contribution in [-0.2, 0) is 1.55 Å². The van der Waals surface area contributed by atoms with Crippen LogP contribution in [0.25, 0.3) is 0 Å². The number of hydrogen-bond acceptors (Lipinski definition) is 2. The predicted octanol–water partition coefficient (Wildman–Crippen LogP) is 3.26. The van der Waals surface area contributed by atoms with Gasteiger partial charge in [0.15, 0.2) is 1.55 Å². The van der Waals surface area contributed by atoms with E-state index in [1.165, 1.54) is 12.8 Å². The van der Waals surface area contributed by atoms with E-state index in [9.17, 15) is 0 Å². The Kier molecular flexibility index (Phi) is 4.40. The summed E-state index contributed by atoms with van der Waals surface area (Å²) in [5.41, 5.74) is 0.981. The topological polar surface area (TPSA) is 30.7 Å². The van der Waals surface area contributed by atoms with Gasteiger partial charge < -0.3 is 0 Å². The van der Waals surface area contributed by atoms with Crippen molar-refractivity contribution in [3.05, 3.63) is 11.9 Å². The molecule has 0 unspecified atom stereocenters. The summed E-state index contributed by atoms with van der Waals surface area (Å²) in [6, 6.07) is 0. The summed E-state index contributed by atoms with van der Waals surface area (Å²) in [7, 11) is 0. The van der Waals surface area contributed by atoms with Gasteiger partial charge in [0.1, 0.15) is 0 Å². The molecule has 1 aromatic rings. The van der Waals surface area contributed by atoms with Crippen LogP contribution < -0.4 is 0 Å². The Bertz CT molecular complexity index is 270. The summed E-state index contributed by atoms with van der Waals surface area (Å²) in [6.07, 6.45) is 5.58. The van der Waals surface area contributed by atoms with Crippen LogP contribution in [0.2, 0.25) is 0 Å². The van der Waals surface area contributed by atoms with Gasteiger partial charge in [-0.15, -0.1) is 5.10 Å². The minimum absolute atomic E-state index is 0.0484. The van der Waals surface area contributed by atoms with Crippen LogP contribution in [0, 0.1) is 6.92 Å². The monoisotopic (exact) mass is 405 g/mol. The molecule has 13 heavy (non-hydrogen) atoms. The summed E-state index contributed by atoms with van der Waals surface area (Å²) in [6.45, 7) is 4.17. The zero-order valence-corrected chi connectivity index (χ0v) is 12.1. The quantitative estimate of drug-likeness (QED) is 0.569. The van der Waals surface area contributed by atoms with Gasteiger partial charge in [0.05, 0.1) is 11.9 Å². The second kappa shape index (κ2) is 4.90. The van der Waals surface area contributed by atoms with Crippen molar-refractivity contribution in [2.24, 2.45) is 0 Å². The van der Waals surface area contributed by atoms with Crippen molar-refractivity contribution < 1.29 is 0 Å². The summed E-state index contributed by atoms with van der Waals surface area (Å²) in [5, 5.41) is 8.09. The SMILES string of the molecule is CCCCC(I)(I)n1cc(C)nn1. The molecule has 1 aromatic heterocycles. The molecule has 5 heteroatoms. The smallest absolute Gasteiger partial charge is 0.165 e. The van der Waals surface area contributed by atoms with E-state index in [1.54, 1.807) is 0 Å². The fraction of sp³-hybridized carbons (Fsp3) is 0.750. The maximum Gasteiger partial charge on any atom is 0.165 e. The van der Waals surface area contributed by atoms with Crippen molar-refractivity contribution in [3.8, 4) is 0 Å². The lowest BCUT2D eigenvalue weighted by Gasteiger charge is -2.19. The molecule has 0 aliphatic carbocycles. The molecule has 0 aliphatic heterocycles. The minimum Gasteiger partial charge on any atom is -0.226 e. The summed E-state index contributed by atoms with van der Waals surface area (Å²) in [4.78, 5) is 0. The van der Waals surface area contributed by atoms with Gasteiger partial charge in [-0.25, -0.2) is 4.68 Å². The number of rotatable bonds is 4. The summed E-state index contributed by atoms with van der Waals surface area (Å²) >= 11 is 4.85. The molecule has 0 spiro atoms. The molecule has 0 aromatic carbocycles. The highest BCUT2D eigenvalue weighted by Crippen LogP contribution is 2.37. The molecule has 0 radical (unpaired) electrons. The van der Waals surface area contributed by atoms with E-state index < -0.39 is 0 Å². The second-order valence-corrected chi connectivity index (χ2v) is 8.71. The molecule has 1 heterocycles. The first-order valence-corrected chi connectivity index (χ1v) is 6.49. The van der Waals surface area contributed by atoms with E-state index in [1.807, 2.05) is 17.8 Å². The third kappa shape index (κ3) is 3.34. The van der Waals surface area contributed by atoms with Gasteiger partial charge in [-0.1, -0.05) is 18.6 Å². The lowest BCUT2D eigenvalue weighted by Crippen LogP contribution is -2.19.